The van der Waals surface area contributed by atoms with E-state index in [0.29, 0.717) is 0 Å². The van der Waals surface area contributed by atoms with Gasteiger partial charge in [0.05, 0.1) is 6.61 Å². The zero-order chi connectivity index (χ0) is 17.7. The molecule has 0 spiro atoms. The largest absolute Gasteiger partial charge is 0.463 e. The predicted octanol–water partition coefficient (Wildman–Crippen LogP) is 2.41. The Kier molecular flexibility index (Phi) is 6.20. The van der Waals surface area contributed by atoms with Crippen LogP contribution in [0.5, 0.6) is 0 Å². The van der Waals surface area contributed by atoms with Gasteiger partial charge in [-0.1, -0.05) is 0 Å². The minimum absolute atomic E-state index is 0.258. The maximum absolute atomic E-state index is 13.5. The van der Waals surface area contributed by atoms with Crippen molar-refractivity contribution >= 4 is 29.2 Å². The standard InChI is InChI=1S/C13H13ClF4N2O3/c1-2-23-11(22)12(13(16,17)18,20-10(21)7-14)19-9-5-3-8(15)4-6-9/h3-6,19H,2,7H2,1H3,(H,20,21)/t12-/m1/s1. The average Bonchev–Trinajstić information content (AvgIpc) is 2.47. The van der Waals surface area contributed by atoms with E-state index in [-0.39, 0.29) is 12.3 Å². The van der Waals surface area contributed by atoms with Crippen molar-refractivity contribution in [1.29, 1.82) is 0 Å². The second-order valence-corrected chi connectivity index (χ2v) is 4.55. The van der Waals surface area contributed by atoms with Gasteiger partial charge in [-0.25, -0.2) is 9.18 Å². The van der Waals surface area contributed by atoms with Gasteiger partial charge in [0.15, 0.2) is 0 Å². The number of amides is 1. The molecule has 1 rings (SSSR count). The zero-order valence-corrected chi connectivity index (χ0v) is 12.6. The summed E-state index contributed by atoms with van der Waals surface area (Å²) >= 11 is 5.20. The second-order valence-electron chi connectivity index (χ2n) is 4.28. The molecule has 0 aromatic heterocycles. The van der Waals surface area contributed by atoms with Crippen LogP contribution in [0.3, 0.4) is 0 Å². The summed E-state index contributed by atoms with van der Waals surface area (Å²) in [6, 6.07) is 3.72. The molecule has 0 heterocycles. The van der Waals surface area contributed by atoms with E-state index >= 15 is 0 Å². The van der Waals surface area contributed by atoms with Gasteiger partial charge in [-0.15, -0.1) is 11.6 Å². The van der Waals surface area contributed by atoms with E-state index in [1.165, 1.54) is 12.2 Å². The van der Waals surface area contributed by atoms with Crippen LogP contribution in [0.4, 0.5) is 23.2 Å². The first kappa shape index (κ1) is 19.0. The number of rotatable bonds is 6. The quantitative estimate of drug-likeness (QED) is 0.355. The first-order valence-electron chi connectivity index (χ1n) is 6.31. The molecule has 1 aromatic rings. The highest BCUT2D eigenvalue weighted by atomic mass is 35.5. The Labute approximate surface area is 133 Å². The number of ether oxygens (including phenoxy) is 1. The molecule has 0 bridgehead atoms. The van der Waals surface area contributed by atoms with Crippen molar-refractivity contribution in [1.82, 2.24) is 5.32 Å². The SMILES string of the molecule is CCOC(=O)[C@](NC(=O)CCl)(Nc1ccc(F)cc1)C(F)(F)F. The number of alkyl halides is 4. The molecule has 0 aliphatic heterocycles. The zero-order valence-electron chi connectivity index (χ0n) is 11.8. The maximum Gasteiger partial charge on any atom is 0.441 e. The third-order valence-corrected chi connectivity index (χ3v) is 2.87. The van der Waals surface area contributed by atoms with Crippen LogP contribution >= 0.6 is 11.6 Å². The van der Waals surface area contributed by atoms with Crippen LogP contribution in [0, 0.1) is 5.82 Å². The summed E-state index contributed by atoms with van der Waals surface area (Å²) in [6.45, 7) is 0.957. The average molecular weight is 357 g/mol. The highest BCUT2D eigenvalue weighted by Crippen LogP contribution is 2.33. The van der Waals surface area contributed by atoms with Crippen LogP contribution in [0.15, 0.2) is 24.3 Å². The van der Waals surface area contributed by atoms with Crippen molar-refractivity contribution in [2.24, 2.45) is 0 Å². The van der Waals surface area contributed by atoms with Crippen LogP contribution in [-0.4, -0.2) is 36.2 Å². The van der Waals surface area contributed by atoms with Crippen molar-refractivity contribution < 1.29 is 31.9 Å². The first-order chi connectivity index (χ1) is 10.7. The number of anilines is 1. The summed E-state index contributed by atoms with van der Waals surface area (Å²) in [5.41, 5.74) is -3.81. The van der Waals surface area contributed by atoms with E-state index in [2.05, 4.69) is 4.74 Å². The van der Waals surface area contributed by atoms with Gasteiger partial charge in [0.1, 0.15) is 11.7 Å². The molecule has 2 N–H and O–H groups in total. The van der Waals surface area contributed by atoms with E-state index < -0.39 is 35.4 Å². The van der Waals surface area contributed by atoms with Crippen molar-refractivity contribution in [3.63, 3.8) is 0 Å². The summed E-state index contributed by atoms with van der Waals surface area (Å²) in [6.07, 6.45) is -5.25. The van der Waals surface area contributed by atoms with Crippen molar-refractivity contribution in [2.75, 3.05) is 17.8 Å². The predicted molar refractivity (Wildman–Crippen MR) is 74.3 cm³/mol. The van der Waals surface area contributed by atoms with Gasteiger partial charge in [-0.2, -0.15) is 13.2 Å². The van der Waals surface area contributed by atoms with E-state index in [9.17, 15) is 27.2 Å². The van der Waals surface area contributed by atoms with Gasteiger partial charge < -0.3 is 15.4 Å². The number of nitrogens with one attached hydrogen (secondary N) is 2. The molecule has 0 aliphatic carbocycles. The Hall–Kier alpha value is -2.03. The summed E-state index contributed by atoms with van der Waals surface area (Å²) in [7, 11) is 0. The van der Waals surface area contributed by atoms with E-state index in [1.54, 1.807) is 0 Å². The lowest BCUT2D eigenvalue weighted by Crippen LogP contribution is -2.69. The Bertz CT molecular complexity index is 565. The van der Waals surface area contributed by atoms with Gasteiger partial charge in [0.25, 0.3) is 0 Å². The molecule has 1 aromatic carbocycles. The molecule has 0 fully saturated rings. The minimum atomic E-state index is -5.25. The van der Waals surface area contributed by atoms with E-state index in [4.69, 9.17) is 11.6 Å². The summed E-state index contributed by atoms with van der Waals surface area (Å²) in [5.74, 6) is -4.50. The third kappa shape index (κ3) is 4.47. The molecular formula is C13H13ClF4N2O3. The number of hydrogen-bond acceptors (Lipinski definition) is 4. The Morgan fingerprint density at radius 3 is 2.22 bits per heavy atom. The fourth-order valence-corrected chi connectivity index (χ4v) is 1.69. The molecule has 0 saturated carbocycles. The summed E-state index contributed by atoms with van der Waals surface area (Å²) < 4.78 is 57.8. The number of hydrogen-bond donors (Lipinski definition) is 2. The van der Waals surface area contributed by atoms with Crippen molar-refractivity contribution in [3.8, 4) is 0 Å². The van der Waals surface area contributed by atoms with E-state index in [0.717, 1.165) is 24.3 Å². The van der Waals surface area contributed by atoms with Crippen molar-refractivity contribution in [2.45, 2.75) is 18.8 Å². The van der Waals surface area contributed by atoms with Gasteiger partial charge >= 0.3 is 17.8 Å². The normalized spacial score (nSPS) is 13.8. The molecule has 1 atom stereocenters. The molecule has 0 unspecified atom stereocenters. The van der Waals surface area contributed by atoms with Crippen LogP contribution in [0.25, 0.3) is 0 Å². The summed E-state index contributed by atoms with van der Waals surface area (Å²) in [5, 5.41) is 3.35. The molecule has 10 heteroatoms. The lowest BCUT2D eigenvalue weighted by molar-refractivity contribution is -0.207. The number of halogens is 5. The lowest BCUT2D eigenvalue weighted by Gasteiger charge is -2.35. The summed E-state index contributed by atoms with van der Waals surface area (Å²) in [4.78, 5) is 23.3. The molecule has 128 valence electrons. The molecule has 0 radical (unpaired) electrons. The second kappa shape index (κ2) is 7.49. The molecule has 0 saturated heterocycles. The van der Waals surface area contributed by atoms with Crippen LogP contribution in [-0.2, 0) is 14.3 Å². The fourth-order valence-electron chi connectivity index (χ4n) is 1.62. The number of carbonyl (C=O) groups excluding carboxylic acids is 2. The Balaban J connectivity index is 3.32. The maximum atomic E-state index is 13.5. The van der Waals surface area contributed by atoms with Gasteiger partial charge in [-0.05, 0) is 31.2 Å². The van der Waals surface area contributed by atoms with Gasteiger partial charge in [-0.3, -0.25) is 4.79 Å². The lowest BCUT2D eigenvalue weighted by atomic mass is 10.1. The smallest absolute Gasteiger partial charge is 0.441 e. The first-order valence-corrected chi connectivity index (χ1v) is 6.84. The topological polar surface area (TPSA) is 67.4 Å². The van der Waals surface area contributed by atoms with E-state index in [1.807, 2.05) is 5.32 Å². The molecular weight excluding hydrogens is 344 g/mol. The highest BCUT2D eigenvalue weighted by molar-refractivity contribution is 6.27. The van der Waals surface area contributed by atoms with Crippen molar-refractivity contribution in [3.05, 3.63) is 30.1 Å². The van der Waals surface area contributed by atoms with Gasteiger partial charge in [0.2, 0.25) is 5.91 Å². The number of carbonyl (C=O) groups is 2. The molecule has 1 amide bonds. The number of esters is 1. The molecule has 23 heavy (non-hydrogen) atoms. The third-order valence-electron chi connectivity index (χ3n) is 2.63. The Morgan fingerprint density at radius 1 is 1.22 bits per heavy atom. The van der Waals surface area contributed by atoms with Gasteiger partial charge in [0, 0.05) is 5.69 Å². The van der Waals surface area contributed by atoms with Crippen LogP contribution in [0.2, 0.25) is 0 Å². The molecule has 5 nitrogen and oxygen atoms in total. The minimum Gasteiger partial charge on any atom is -0.463 e. The Morgan fingerprint density at radius 2 is 1.78 bits per heavy atom. The number of benzene rings is 1. The highest BCUT2D eigenvalue weighted by Gasteiger charge is 2.63. The van der Waals surface area contributed by atoms with Crippen LogP contribution < -0.4 is 10.6 Å². The molecule has 0 aliphatic rings. The van der Waals surface area contributed by atoms with Crippen LogP contribution in [0.1, 0.15) is 6.92 Å². The monoisotopic (exact) mass is 356 g/mol. The fraction of sp³-hybridized carbons (Fsp3) is 0.385.